The van der Waals surface area contributed by atoms with Crippen molar-refractivity contribution in [1.29, 1.82) is 0 Å². The third-order valence-electron chi connectivity index (χ3n) is 3.80. The molecular weight excluding hydrogens is 269 g/mol. The van der Waals surface area contributed by atoms with E-state index in [4.69, 9.17) is 5.73 Å². The van der Waals surface area contributed by atoms with Crippen molar-refractivity contribution in [2.24, 2.45) is 17.6 Å². The Morgan fingerprint density at radius 2 is 1.80 bits per heavy atom. The van der Waals surface area contributed by atoms with Crippen LogP contribution in [0.15, 0.2) is 12.1 Å². The normalized spacial score (nSPS) is 22.6. The maximum atomic E-state index is 13.1. The second kappa shape index (κ2) is 6.26. The fraction of sp³-hybridized carbons (Fsp3) is 0.500. The van der Waals surface area contributed by atoms with E-state index in [1.807, 2.05) is 0 Å². The highest BCUT2D eigenvalue weighted by Crippen LogP contribution is 2.30. The summed E-state index contributed by atoms with van der Waals surface area (Å²) in [6, 6.07) is 1.55. The number of amides is 1. The van der Waals surface area contributed by atoms with Gasteiger partial charge in [-0.15, -0.1) is 0 Å². The topological polar surface area (TPSA) is 55.1 Å². The van der Waals surface area contributed by atoms with Gasteiger partial charge >= 0.3 is 0 Å². The Bertz CT molecular complexity index is 484. The average molecular weight is 286 g/mol. The molecule has 0 saturated heterocycles. The Morgan fingerprint density at radius 3 is 2.40 bits per heavy atom. The Balaban J connectivity index is 2.11. The van der Waals surface area contributed by atoms with Gasteiger partial charge in [0.1, 0.15) is 0 Å². The van der Waals surface area contributed by atoms with E-state index in [0.29, 0.717) is 13.0 Å². The molecule has 0 heterocycles. The van der Waals surface area contributed by atoms with Gasteiger partial charge in [0.05, 0.1) is 0 Å². The highest BCUT2D eigenvalue weighted by molar-refractivity contribution is 5.92. The number of carbonyl (C=O) groups is 1. The molecule has 1 aromatic carbocycles. The summed E-state index contributed by atoms with van der Waals surface area (Å²) in [6.07, 6.45) is 3.55. The number of anilines is 1. The van der Waals surface area contributed by atoms with Gasteiger partial charge in [0.2, 0.25) is 5.91 Å². The lowest BCUT2D eigenvalue weighted by atomic mass is 9.78. The summed E-state index contributed by atoms with van der Waals surface area (Å²) in [4.78, 5) is 12.1. The van der Waals surface area contributed by atoms with Crippen molar-refractivity contribution < 1.29 is 18.0 Å². The predicted octanol–water partition coefficient (Wildman–Crippen LogP) is 2.81. The fourth-order valence-corrected chi connectivity index (χ4v) is 2.70. The van der Waals surface area contributed by atoms with Gasteiger partial charge in [0.15, 0.2) is 17.5 Å². The van der Waals surface area contributed by atoms with E-state index >= 15 is 0 Å². The fourth-order valence-electron chi connectivity index (χ4n) is 2.70. The summed E-state index contributed by atoms with van der Waals surface area (Å²) in [7, 11) is 0. The zero-order chi connectivity index (χ0) is 14.7. The highest BCUT2D eigenvalue weighted by Gasteiger charge is 2.30. The van der Waals surface area contributed by atoms with Gasteiger partial charge in [-0.1, -0.05) is 12.8 Å². The number of nitrogens with one attached hydrogen (secondary N) is 1. The lowest BCUT2D eigenvalue weighted by Gasteiger charge is -2.29. The molecule has 0 bridgehead atoms. The van der Waals surface area contributed by atoms with Crippen molar-refractivity contribution in [2.45, 2.75) is 25.7 Å². The third kappa shape index (κ3) is 3.12. The second-order valence-corrected chi connectivity index (χ2v) is 5.13. The Kier molecular flexibility index (Phi) is 4.65. The summed E-state index contributed by atoms with van der Waals surface area (Å²) < 4.78 is 39.0. The number of halogens is 3. The van der Waals surface area contributed by atoms with Crippen LogP contribution >= 0.6 is 0 Å². The van der Waals surface area contributed by atoms with Crippen LogP contribution in [-0.2, 0) is 4.79 Å². The summed E-state index contributed by atoms with van der Waals surface area (Å²) in [5, 5.41) is 2.44. The monoisotopic (exact) mass is 286 g/mol. The molecule has 0 radical (unpaired) electrons. The van der Waals surface area contributed by atoms with Crippen LogP contribution in [0.4, 0.5) is 18.9 Å². The molecule has 20 heavy (non-hydrogen) atoms. The van der Waals surface area contributed by atoms with E-state index in [9.17, 15) is 18.0 Å². The van der Waals surface area contributed by atoms with Crippen LogP contribution < -0.4 is 11.1 Å². The molecule has 0 spiro atoms. The van der Waals surface area contributed by atoms with Crippen molar-refractivity contribution in [1.82, 2.24) is 0 Å². The molecule has 2 atom stereocenters. The van der Waals surface area contributed by atoms with E-state index in [-0.39, 0.29) is 23.4 Å². The first-order chi connectivity index (χ1) is 9.52. The molecule has 2 unspecified atom stereocenters. The first kappa shape index (κ1) is 14.8. The molecule has 2 rings (SSSR count). The minimum absolute atomic E-state index is 0.0762. The van der Waals surface area contributed by atoms with E-state index in [0.717, 1.165) is 31.4 Å². The number of benzene rings is 1. The molecular formula is C14H17F3N2O. The average Bonchev–Trinajstić information content (AvgIpc) is 2.44. The quantitative estimate of drug-likeness (QED) is 0.839. The SMILES string of the molecule is NCC1CCCCC1C(=O)Nc1cc(F)c(F)c(F)c1. The largest absolute Gasteiger partial charge is 0.330 e. The summed E-state index contributed by atoms with van der Waals surface area (Å²) in [5.74, 6) is -4.67. The maximum Gasteiger partial charge on any atom is 0.227 e. The van der Waals surface area contributed by atoms with Gasteiger partial charge in [-0.25, -0.2) is 13.2 Å². The van der Waals surface area contributed by atoms with Crippen molar-refractivity contribution >= 4 is 11.6 Å². The van der Waals surface area contributed by atoms with Crippen LogP contribution in [0.5, 0.6) is 0 Å². The Morgan fingerprint density at radius 1 is 1.20 bits per heavy atom. The van der Waals surface area contributed by atoms with Crippen LogP contribution in [0, 0.1) is 29.3 Å². The van der Waals surface area contributed by atoms with Gasteiger partial charge < -0.3 is 11.1 Å². The summed E-state index contributed by atoms with van der Waals surface area (Å²) in [5.41, 5.74) is 5.57. The van der Waals surface area contributed by atoms with Gasteiger partial charge in [0, 0.05) is 23.7 Å². The number of hydrogen-bond acceptors (Lipinski definition) is 2. The molecule has 1 fully saturated rings. The number of nitrogens with two attached hydrogens (primary N) is 1. The Hall–Kier alpha value is -1.56. The van der Waals surface area contributed by atoms with Crippen molar-refractivity contribution in [3.05, 3.63) is 29.6 Å². The molecule has 6 heteroatoms. The van der Waals surface area contributed by atoms with Gasteiger partial charge in [0.25, 0.3) is 0 Å². The van der Waals surface area contributed by atoms with E-state index in [1.165, 1.54) is 0 Å². The molecule has 0 aliphatic heterocycles. The lowest BCUT2D eigenvalue weighted by Crippen LogP contribution is -2.35. The smallest absolute Gasteiger partial charge is 0.227 e. The minimum atomic E-state index is -1.54. The lowest BCUT2D eigenvalue weighted by molar-refractivity contribution is -0.122. The van der Waals surface area contributed by atoms with Crippen molar-refractivity contribution in [3.8, 4) is 0 Å². The van der Waals surface area contributed by atoms with E-state index in [2.05, 4.69) is 5.32 Å². The zero-order valence-electron chi connectivity index (χ0n) is 11.0. The first-order valence-corrected chi connectivity index (χ1v) is 6.68. The number of hydrogen-bond donors (Lipinski definition) is 2. The molecule has 3 nitrogen and oxygen atoms in total. The van der Waals surface area contributed by atoms with Crippen LogP contribution in [-0.4, -0.2) is 12.5 Å². The van der Waals surface area contributed by atoms with E-state index < -0.39 is 17.5 Å². The molecule has 110 valence electrons. The van der Waals surface area contributed by atoms with Crippen LogP contribution in [0.3, 0.4) is 0 Å². The predicted molar refractivity (Wildman–Crippen MR) is 69.4 cm³/mol. The molecule has 0 aromatic heterocycles. The van der Waals surface area contributed by atoms with Crippen LogP contribution in [0.1, 0.15) is 25.7 Å². The first-order valence-electron chi connectivity index (χ1n) is 6.68. The summed E-state index contributed by atoms with van der Waals surface area (Å²) >= 11 is 0. The van der Waals surface area contributed by atoms with Crippen molar-refractivity contribution in [3.63, 3.8) is 0 Å². The van der Waals surface area contributed by atoms with Crippen molar-refractivity contribution in [2.75, 3.05) is 11.9 Å². The van der Waals surface area contributed by atoms with Gasteiger partial charge in [-0.2, -0.15) is 0 Å². The molecule has 1 aromatic rings. The van der Waals surface area contributed by atoms with E-state index in [1.54, 1.807) is 0 Å². The standard InChI is InChI=1S/C14H17F3N2O/c15-11-5-9(6-12(16)13(11)17)19-14(20)10-4-2-1-3-8(10)7-18/h5-6,8,10H,1-4,7,18H2,(H,19,20). The maximum absolute atomic E-state index is 13.1. The Labute approximate surface area is 115 Å². The molecule has 3 N–H and O–H groups in total. The minimum Gasteiger partial charge on any atom is -0.330 e. The summed E-state index contributed by atoms with van der Waals surface area (Å²) in [6.45, 7) is 0.407. The zero-order valence-corrected chi connectivity index (χ0v) is 11.0. The molecule has 1 saturated carbocycles. The van der Waals surface area contributed by atoms with Crippen LogP contribution in [0.2, 0.25) is 0 Å². The second-order valence-electron chi connectivity index (χ2n) is 5.13. The molecule has 1 amide bonds. The van der Waals surface area contributed by atoms with Gasteiger partial charge in [-0.05, 0) is 25.3 Å². The highest BCUT2D eigenvalue weighted by atomic mass is 19.2. The van der Waals surface area contributed by atoms with Gasteiger partial charge in [-0.3, -0.25) is 4.79 Å². The van der Waals surface area contributed by atoms with Crippen LogP contribution in [0.25, 0.3) is 0 Å². The molecule has 1 aliphatic carbocycles. The number of carbonyl (C=O) groups excluding carboxylic acids is 1. The third-order valence-corrected chi connectivity index (χ3v) is 3.80. The number of rotatable bonds is 3. The molecule has 1 aliphatic rings.